The summed E-state index contributed by atoms with van der Waals surface area (Å²) in [5.74, 6) is 0.0477. The van der Waals surface area contributed by atoms with Gasteiger partial charge in [0, 0.05) is 0 Å². The number of ether oxygens (including phenoxy) is 1. The summed E-state index contributed by atoms with van der Waals surface area (Å²) in [6.45, 7) is 6.14. The quantitative estimate of drug-likeness (QED) is 0.693. The van der Waals surface area contributed by atoms with Crippen molar-refractivity contribution < 1.29 is 9.53 Å². The molecule has 0 amide bonds. The zero-order valence-corrected chi connectivity index (χ0v) is 12.3. The zero-order chi connectivity index (χ0) is 13.2. The van der Waals surface area contributed by atoms with E-state index in [4.69, 9.17) is 4.74 Å². The fourth-order valence-electron chi connectivity index (χ4n) is 3.55. The zero-order valence-electron chi connectivity index (χ0n) is 12.3. The van der Waals surface area contributed by atoms with Gasteiger partial charge in [-0.1, -0.05) is 26.7 Å². The molecule has 2 rings (SSSR count). The van der Waals surface area contributed by atoms with Crippen LogP contribution in [0.2, 0.25) is 0 Å². The van der Waals surface area contributed by atoms with E-state index in [1.54, 1.807) is 0 Å². The van der Waals surface area contributed by atoms with Gasteiger partial charge in [-0.15, -0.1) is 0 Å². The molecule has 1 atom stereocenters. The largest absolute Gasteiger partial charge is 0.459 e. The second-order valence-electron chi connectivity index (χ2n) is 6.89. The molecule has 1 spiro atoms. The Balaban J connectivity index is 1.88. The van der Waals surface area contributed by atoms with Crippen molar-refractivity contribution in [1.29, 1.82) is 0 Å². The summed E-state index contributed by atoms with van der Waals surface area (Å²) in [5.41, 5.74) is 0.427. The third kappa shape index (κ3) is 2.89. The highest BCUT2D eigenvalue weighted by molar-refractivity contribution is 5.72. The molecule has 0 bridgehead atoms. The minimum absolute atomic E-state index is 0.00220. The number of carbonyl (C=O) groups is 1. The monoisotopic (exact) mass is 252 g/mol. The molecule has 0 aromatic rings. The van der Waals surface area contributed by atoms with Crippen molar-refractivity contribution in [2.24, 2.45) is 11.3 Å². The summed E-state index contributed by atoms with van der Waals surface area (Å²) in [4.78, 5) is 11.9. The molecule has 2 saturated carbocycles. The second-order valence-corrected chi connectivity index (χ2v) is 6.89. The lowest BCUT2D eigenvalue weighted by Gasteiger charge is -2.43. The van der Waals surface area contributed by atoms with Gasteiger partial charge in [0.05, 0.1) is 5.92 Å². The van der Waals surface area contributed by atoms with Crippen molar-refractivity contribution in [2.75, 3.05) is 0 Å². The van der Waals surface area contributed by atoms with Crippen LogP contribution in [-0.4, -0.2) is 11.6 Å². The summed E-state index contributed by atoms with van der Waals surface area (Å²) in [6, 6.07) is 0. The molecule has 2 fully saturated rings. The Labute approximate surface area is 111 Å². The van der Waals surface area contributed by atoms with E-state index in [2.05, 4.69) is 6.92 Å². The Morgan fingerprint density at radius 2 is 1.67 bits per heavy atom. The molecule has 18 heavy (non-hydrogen) atoms. The minimum atomic E-state index is -0.186. The lowest BCUT2D eigenvalue weighted by atomic mass is 9.68. The highest BCUT2D eigenvalue weighted by Crippen LogP contribution is 2.52. The third-order valence-electron chi connectivity index (χ3n) is 5.39. The molecule has 2 nitrogen and oxygen atoms in total. The highest BCUT2D eigenvalue weighted by Gasteiger charge is 2.43. The standard InChI is InChI=1S/C16H28O2/c1-4-13(2)14(17)18-15(3)9-11-16(12-10-15)7-5-6-8-16/h13H,4-12H2,1-3H3. The Morgan fingerprint density at radius 3 is 2.17 bits per heavy atom. The summed E-state index contributed by atoms with van der Waals surface area (Å²) in [7, 11) is 0. The molecule has 104 valence electrons. The lowest BCUT2D eigenvalue weighted by molar-refractivity contribution is -0.168. The number of rotatable bonds is 3. The molecule has 0 aliphatic heterocycles. The summed E-state index contributed by atoms with van der Waals surface area (Å²) in [6.07, 6.45) is 11.1. The maximum absolute atomic E-state index is 11.9. The molecular weight excluding hydrogens is 224 g/mol. The van der Waals surface area contributed by atoms with Gasteiger partial charge in [-0.05, 0) is 57.3 Å². The first-order valence-corrected chi connectivity index (χ1v) is 7.72. The maximum Gasteiger partial charge on any atom is 0.309 e. The molecule has 0 radical (unpaired) electrons. The molecule has 0 saturated heterocycles. The molecule has 2 heteroatoms. The summed E-state index contributed by atoms with van der Waals surface area (Å²) < 4.78 is 5.80. The summed E-state index contributed by atoms with van der Waals surface area (Å²) >= 11 is 0. The van der Waals surface area contributed by atoms with Crippen LogP contribution in [0.5, 0.6) is 0 Å². The van der Waals surface area contributed by atoms with Crippen LogP contribution in [0.3, 0.4) is 0 Å². The van der Waals surface area contributed by atoms with Gasteiger partial charge in [0.2, 0.25) is 0 Å². The van der Waals surface area contributed by atoms with E-state index in [1.165, 1.54) is 38.5 Å². The first-order chi connectivity index (χ1) is 8.49. The fourth-order valence-corrected chi connectivity index (χ4v) is 3.55. The maximum atomic E-state index is 11.9. The van der Waals surface area contributed by atoms with Crippen molar-refractivity contribution in [3.05, 3.63) is 0 Å². The van der Waals surface area contributed by atoms with Crippen molar-refractivity contribution >= 4 is 5.97 Å². The Kier molecular flexibility index (Phi) is 4.03. The molecule has 0 aromatic heterocycles. The molecular formula is C16H28O2. The average molecular weight is 252 g/mol. The Bertz CT molecular complexity index is 292. The van der Waals surface area contributed by atoms with E-state index in [1.807, 2.05) is 13.8 Å². The van der Waals surface area contributed by atoms with E-state index in [-0.39, 0.29) is 17.5 Å². The normalized spacial score (nSPS) is 27.1. The average Bonchev–Trinajstić information content (AvgIpc) is 2.81. The first-order valence-electron chi connectivity index (χ1n) is 7.72. The van der Waals surface area contributed by atoms with E-state index < -0.39 is 0 Å². The van der Waals surface area contributed by atoms with Crippen molar-refractivity contribution in [1.82, 2.24) is 0 Å². The van der Waals surface area contributed by atoms with Crippen LogP contribution < -0.4 is 0 Å². The van der Waals surface area contributed by atoms with Crippen molar-refractivity contribution in [2.45, 2.75) is 84.2 Å². The van der Waals surface area contributed by atoms with E-state index in [9.17, 15) is 4.79 Å². The summed E-state index contributed by atoms with van der Waals surface area (Å²) in [5, 5.41) is 0. The van der Waals surface area contributed by atoms with Crippen LogP contribution in [0.1, 0.15) is 78.6 Å². The molecule has 0 N–H and O–H groups in total. The molecule has 1 unspecified atom stereocenters. The van der Waals surface area contributed by atoms with Crippen LogP contribution in [-0.2, 0) is 9.53 Å². The molecule has 0 heterocycles. The number of esters is 1. The van der Waals surface area contributed by atoms with Crippen molar-refractivity contribution in [3.8, 4) is 0 Å². The van der Waals surface area contributed by atoms with E-state index >= 15 is 0 Å². The van der Waals surface area contributed by atoms with Crippen LogP contribution >= 0.6 is 0 Å². The lowest BCUT2D eigenvalue weighted by Crippen LogP contribution is -2.40. The van der Waals surface area contributed by atoms with Gasteiger partial charge in [0.15, 0.2) is 0 Å². The van der Waals surface area contributed by atoms with E-state index in [0.717, 1.165) is 19.3 Å². The van der Waals surface area contributed by atoms with Crippen LogP contribution in [0.15, 0.2) is 0 Å². The van der Waals surface area contributed by atoms with E-state index in [0.29, 0.717) is 5.41 Å². The van der Waals surface area contributed by atoms with Crippen LogP contribution in [0.4, 0.5) is 0 Å². The minimum Gasteiger partial charge on any atom is -0.459 e. The van der Waals surface area contributed by atoms with Gasteiger partial charge in [-0.25, -0.2) is 0 Å². The van der Waals surface area contributed by atoms with Gasteiger partial charge in [-0.2, -0.15) is 0 Å². The van der Waals surface area contributed by atoms with Crippen molar-refractivity contribution in [3.63, 3.8) is 0 Å². The van der Waals surface area contributed by atoms with Crippen LogP contribution in [0, 0.1) is 11.3 Å². The first kappa shape index (κ1) is 13.9. The predicted octanol–water partition coefficient (Wildman–Crippen LogP) is 4.47. The third-order valence-corrected chi connectivity index (χ3v) is 5.39. The Hall–Kier alpha value is -0.530. The molecule has 2 aliphatic rings. The fraction of sp³-hybridized carbons (Fsp3) is 0.938. The Morgan fingerprint density at radius 1 is 1.11 bits per heavy atom. The highest BCUT2D eigenvalue weighted by atomic mass is 16.6. The predicted molar refractivity (Wildman–Crippen MR) is 73.3 cm³/mol. The second kappa shape index (κ2) is 5.22. The van der Waals surface area contributed by atoms with Gasteiger partial charge in [0.1, 0.15) is 5.60 Å². The number of carbonyl (C=O) groups excluding carboxylic acids is 1. The SMILES string of the molecule is CCC(C)C(=O)OC1(C)CCC2(CCCC2)CC1. The number of hydrogen-bond acceptors (Lipinski definition) is 2. The van der Waals surface area contributed by atoms with Gasteiger partial charge in [-0.3, -0.25) is 4.79 Å². The van der Waals surface area contributed by atoms with Gasteiger partial charge >= 0.3 is 5.97 Å². The van der Waals surface area contributed by atoms with Crippen LogP contribution in [0.25, 0.3) is 0 Å². The van der Waals surface area contributed by atoms with Gasteiger partial charge < -0.3 is 4.74 Å². The van der Waals surface area contributed by atoms with Gasteiger partial charge in [0.25, 0.3) is 0 Å². The smallest absolute Gasteiger partial charge is 0.309 e. The number of hydrogen-bond donors (Lipinski definition) is 0. The molecule has 0 aromatic carbocycles. The molecule has 2 aliphatic carbocycles. The topological polar surface area (TPSA) is 26.3 Å².